The van der Waals surface area contributed by atoms with Gasteiger partial charge in [-0.3, -0.25) is 9.80 Å². The molecule has 0 radical (unpaired) electrons. The van der Waals surface area contributed by atoms with Gasteiger partial charge in [0.05, 0.1) is 0 Å². The molecular formula is C15H22N2O. The molecule has 3 nitrogen and oxygen atoms in total. The Labute approximate surface area is 109 Å². The fourth-order valence-corrected chi connectivity index (χ4v) is 3.33. The summed E-state index contributed by atoms with van der Waals surface area (Å²) in [5, 5.41) is 9.88. The fraction of sp³-hybridized carbons (Fsp3) is 0.600. The number of hydrogen-bond acceptors (Lipinski definition) is 3. The molecule has 1 aromatic rings. The Balaban J connectivity index is 1.71. The zero-order chi connectivity index (χ0) is 12.5. The standard InChI is InChI=1S/C15H22N2O/c1-12-9-16-8-4-6-14(16)11-17(12)10-13-5-2-3-7-15(13)18/h2-3,5,7,12,14,18H,4,6,8-11H2,1H3. The maximum absolute atomic E-state index is 9.88. The molecule has 1 N–H and O–H groups in total. The number of phenolic OH excluding ortho intramolecular Hbond substituents is 1. The highest BCUT2D eigenvalue weighted by molar-refractivity contribution is 5.31. The number of benzene rings is 1. The molecular weight excluding hydrogens is 224 g/mol. The van der Waals surface area contributed by atoms with Crippen LogP contribution in [-0.4, -0.2) is 46.6 Å². The van der Waals surface area contributed by atoms with Gasteiger partial charge in [-0.2, -0.15) is 0 Å². The smallest absolute Gasteiger partial charge is 0.120 e. The van der Waals surface area contributed by atoms with Crippen LogP contribution in [0.4, 0.5) is 0 Å². The first kappa shape index (κ1) is 12.0. The van der Waals surface area contributed by atoms with Gasteiger partial charge in [0, 0.05) is 37.3 Å². The number of para-hydroxylation sites is 1. The Morgan fingerprint density at radius 3 is 2.94 bits per heavy atom. The van der Waals surface area contributed by atoms with Crippen LogP contribution < -0.4 is 0 Å². The van der Waals surface area contributed by atoms with E-state index < -0.39 is 0 Å². The third-order valence-corrected chi connectivity index (χ3v) is 4.43. The number of phenols is 1. The number of hydrogen-bond donors (Lipinski definition) is 1. The molecule has 2 atom stereocenters. The summed E-state index contributed by atoms with van der Waals surface area (Å²) in [6, 6.07) is 9.03. The molecule has 2 saturated heterocycles. The van der Waals surface area contributed by atoms with Crippen LogP contribution in [0.15, 0.2) is 24.3 Å². The Bertz CT molecular complexity index is 421. The van der Waals surface area contributed by atoms with Crippen molar-refractivity contribution in [2.45, 2.75) is 38.4 Å². The van der Waals surface area contributed by atoms with Gasteiger partial charge in [-0.05, 0) is 32.4 Å². The highest BCUT2D eigenvalue weighted by Gasteiger charge is 2.34. The summed E-state index contributed by atoms with van der Waals surface area (Å²) in [5.74, 6) is 0.429. The first-order valence-corrected chi connectivity index (χ1v) is 6.99. The van der Waals surface area contributed by atoms with Crippen LogP contribution in [-0.2, 0) is 6.54 Å². The van der Waals surface area contributed by atoms with Gasteiger partial charge in [-0.25, -0.2) is 0 Å². The summed E-state index contributed by atoms with van der Waals surface area (Å²) in [6.45, 7) is 6.78. The molecule has 2 aliphatic heterocycles. The summed E-state index contributed by atoms with van der Waals surface area (Å²) in [5.41, 5.74) is 1.05. The number of nitrogens with zero attached hydrogens (tertiary/aromatic N) is 2. The lowest BCUT2D eigenvalue weighted by Crippen LogP contribution is -2.54. The third-order valence-electron chi connectivity index (χ3n) is 4.43. The highest BCUT2D eigenvalue weighted by Crippen LogP contribution is 2.27. The molecule has 0 bridgehead atoms. The molecule has 98 valence electrons. The van der Waals surface area contributed by atoms with Crippen LogP contribution in [0.5, 0.6) is 5.75 Å². The van der Waals surface area contributed by atoms with E-state index in [1.165, 1.54) is 25.9 Å². The zero-order valence-electron chi connectivity index (χ0n) is 11.0. The average Bonchev–Trinajstić information content (AvgIpc) is 2.79. The predicted octanol–water partition coefficient (Wildman–Crippen LogP) is 2.06. The Morgan fingerprint density at radius 2 is 2.11 bits per heavy atom. The van der Waals surface area contributed by atoms with Crippen LogP contribution in [0, 0.1) is 0 Å². The second-order valence-electron chi connectivity index (χ2n) is 5.70. The molecule has 0 amide bonds. The summed E-state index contributed by atoms with van der Waals surface area (Å²) < 4.78 is 0. The molecule has 2 fully saturated rings. The van der Waals surface area contributed by atoms with E-state index in [2.05, 4.69) is 16.7 Å². The van der Waals surface area contributed by atoms with E-state index in [1.54, 1.807) is 6.07 Å². The largest absolute Gasteiger partial charge is 0.508 e. The van der Waals surface area contributed by atoms with E-state index in [9.17, 15) is 5.11 Å². The van der Waals surface area contributed by atoms with Gasteiger partial charge in [0.1, 0.15) is 5.75 Å². The van der Waals surface area contributed by atoms with E-state index in [4.69, 9.17) is 0 Å². The van der Waals surface area contributed by atoms with E-state index in [1.807, 2.05) is 18.2 Å². The molecule has 1 aromatic carbocycles. The van der Waals surface area contributed by atoms with Crippen molar-refractivity contribution >= 4 is 0 Å². The number of rotatable bonds is 2. The maximum atomic E-state index is 9.88. The summed E-state index contributed by atoms with van der Waals surface area (Å²) in [6.07, 6.45) is 2.69. The quantitative estimate of drug-likeness (QED) is 0.865. The first-order chi connectivity index (χ1) is 8.74. The lowest BCUT2D eigenvalue weighted by atomic mass is 10.1. The van der Waals surface area contributed by atoms with Gasteiger partial charge < -0.3 is 5.11 Å². The average molecular weight is 246 g/mol. The van der Waals surface area contributed by atoms with Gasteiger partial charge in [0.25, 0.3) is 0 Å². The summed E-state index contributed by atoms with van der Waals surface area (Å²) >= 11 is 0. The van der Waals surface area contributed by atoms with Gasteiger partial charge in [0.2, 0.25) is 0 Å². The normalized spacial score (nSPS) is 29.4. The first-order valence-electron chi connectivity index (χ1n) is 6.99. The lowest BCUT2D eigenvalue weighted by molar-refractivity contribution is 0.0535. The van der Waals surface area contributed by atoms with E-state index in [-0.39, 0.29) is 0 Å². The van der Waals surface area contributed by atoms with E-state index in [0.29, 0.717) is 11.8 Å². The summed E-state index contributed by atoms with van der Waals surface area (Å²) in [4.78, 5) is 5.15. The number of aromatic hydroxyl groups is 1. The van der Waals surface area contributed by atoms with Crippen molar-refractivity contribution < 1.29 is 5.11 Å². The zero-order valence-corrected chi connectivity index (χ0v) is 11.0. The Kier molecular flexibility index (Phi) is 3.27. The minimum Gasteiger partial charge on any atom is -0.508 e. The van der Waals surface area contributed by atoms with E-state index >= 15 is 0 Å². The molecule has 0 spiro atoms. The molecule has 3 heteroatoms. The molecule has 3 rings (SSSR count). The minimum atomic E-state index is 0.429. The van der Waals surface area contributed by atoms with Crippen molar-refractivity contribution in [2.24, 2.45) is 0 Å². The monoisotopic (exact) mass is 246 g/mol. The lowest BCUT2D eigenvalue weighted by Gasteiger charge is -2.42. The molecule has 2 heterocycles. The Morgan fingerprint density at radius 1 is 1.28 bits per heavy atom. The predicted molar refractivity (Wildman–Crippen MR) is 72.6 cm³/mol. The number of piperazine rings is 1. The molecule has 0 saturated carbocycles. The van der Waals surface area contributed by atoms with Crippen molar-refractivity contribution in [3.05, 3.63) is 29.8 Å². The molecule has 2 unspecified atom stereocenters. The summed E-state index contributed by atoms with van der Waals surface area (Å²) in [7, 11) is 0. The highest BCUT2D eigenvalue weighted by atomic mass is 16.3. The van der Waals surface area contributed by atoms with Crippen LogP contribution in [0.25, 0.3) is 0 Å². The SMILES string of the molecule is CC1CN2CCCC2CN1Cc1ccccc1O. The van der Waals surface area contributed by atoms with Crippen molar-refractivity contribution in [1.82, 2.24) is 9.80 Å². The maximum Gasteiger partial charge on any atom is 0.120 e. The molecule has 18 heavy (non-hydrogen) atoms. The molecule has 0 aromatic heterocycles. The second-order valence-corrected chi connectivity index (χ2v) is 5.70. The van der Waals surface area contributed by atoms with Crippen LogP contribution in [0.3, 0.4) is 0 Å². The van der Waals surface area contributed by atoms with Crippen molar-refractivity contribution in [3.8, 4) is 5.75 Å². The van der Waals surface area contributed by atoms with Gasteiger partial charge in [-0.1, -0.05) is 18.2 Å². The van der Waals surface area contributed by atoms with Crippen molar-refractivity contribution in [1.29, 1.82) is 0 Å². The van der Waals surface area contributed by atoms with Gasteiger partial charge in [-0.15, -0.1) is 0 Å². The molecule has 2 aliphatic rings. The Hall–Kier alpha value is -1.06. The van der Waals surface area contributed by atoms with Gasteiger partial charge in [0.15, 0.2) is 0 Å². The fourth-order valence-electron chi connectivity index (χ4n) is 3.33. The van der Waals surface area contributed by atoms with E-state index in [0.717, 1.165) is 24.7 Å². The van der Waals surface area contributed by atoms with Crippen LogP contribution in [0.2, 0.25) is 0 Å². The second kappa shape index (κ2) is 4.90. The third kappa shape index (κ3) is 2.25. The van der Waals surface area contributed by atoms with Crippen LogP contribution >= 0.6 is 0 Å². The van der Waals surface area contributed by atoms with Gasteiger partial charge >= 0.3 is 0 Å². The number of fused-ring (bicyclic) bond motifs is 1. The topological polar surface area (TPSA) is 26.7 Å². The van der Waals surface area contributed by atoms with Crippen molar-refractivity contribution in [3.63, 3.8) is 0 Å². The molecule has 0 aliphatic carbocycles. The van der Waals surface area contributed by atoms with Crippen LogP contribution in [0.1, 0.15) is 25.3 Å². The minimum absolute atomic E-state index is 0.429. The van der Waals surface area contributed by atoms with Crippen molar-refractivity contribution in [2.75, 3.05) is 19.6 Å².